The van der Waals surface area contributed by atoms with Crippen LogP contribution in [0.25, 0.3) is 0 Å². The van der Waals surface area contributed by atoms with Gasteiger partial charge in [0.25, 0.3) is 0 Å². The minimum absolute atomic E-state index is 0.171. The number of hydrogen-bond acceptors (Lipinski definition) is 5. The lowest BCUT2D eigenvalue weighted by Crippen LogP contribution is -2.44. The van der Waals surface area contributed by atoms with Crippen molar-refractivity contribution in [2.45, 2.75) is 19.3 Å². The first-order valence-corrected chi connectivity index (χ1v) is 8.68. The third-order valence-corrected chi connectivity index (χ3v) is 4.45. The highest BCUT2D eigenvalue weighted by Crippen LogP contribution is 2.14. The number of likely N-dealkylation sites (N-methyl/N-ethyl adjacent to an activating group) is 1. The molecule has 0 saturated carbocycles. The van der Waals surface area contributed by atoms with Crippen molar-refractivity contribution in [2.24, 2.45) is 4.99 Å². The molecule has 142 valence electrons. The molecule has 0 radical (unpaired) electrons. The number of carbonyl (C=O) groups excluding carboxylic acids is 1. The summed E-state index contributed by atoms with van der Waals surface area (Å²) in [5, 5.41) is 6.20. The summed E-state index contributed by atoms with van der Waals surface area (Å²) in [6.45, 7) is 1.09. The molecule has 0 bridgehead atoms. The van der Waals surface area contributed by atoms with Crippen LogP contribution in [0.15, 0.2) is 53.5 Å². The van der Waals surface area contributed by atoms with Gasteiger partial charge in [0.1, 0.15) is 23.5 Å². The molecule has 1 fully saturated rings. The Bertz CT molecular complexity index is 803. The summed E-state index contributed by atoms with van der Waals surface area (Å²) in [7, 11) is 5.03. The highest BCUT2D eigenvalue weighted by atomic mass is 16.5. The van der Waals surface area contributed by atoms with Crippen molar-refractivity contribution in [3.8, 4) is 11.5 Å². The first-order chi connectivity index (χ1) is 13.1. The number of amidine groups is 1. The van der Waals surface area contributed by atoms with Gasteiger partial charge in [-0.2, -0.15) is 0 Å². The van der Waals surface area contributed by atoms with Crippen LogP contribution >= 0.6 is 0 Å². The number of amides is 2. The summed E-state index contributed by atoms with van der Waals surface area (Å²) >= 11 is 0. The molecule has 1 aliphatic heterocycles. The summed E-state index contributed by atoms with van der Waals surface area (Å²) in [6.07, 6.45) is -0.294. The van der Waals surface area contributed by atoms with Gasteiger partial charge in [0.2, 0.25) is 0 Å². The molecule has 27 heavy (non-hydrogen) atoms. The molecule has 0 spiro atoms. The summed E-state index contributed by atoms with van der Waals surface area (Å²) in [4.78, 5) is 18.2. The SMILES string of the molecule is COc1ccc(CN=C2NC(=O)N(C)C2NCc2ccc(OC)cc2)cc1. The number of methoxy groups -OCH3 is 2. The molecule has 1 unspecified atom stereocenters. The van der Waals surface area contributed by atoms with Crippen LogP contribution in [0.5, 0.6) is 11.5 Å². The topological polar surface area (TPSA) is 75.2 Å². The average molecular weight is 368 g/mol. The van der Waals surface area contributed by atoms with E-state index in [1.807, 2.05) is 48.5 Å². The predicted molar refractivity (Wildman–Crippen MR) is 104 cm³/mol. The maximum absolute atomic E-state index is 12.0. The van der Waals surface area contributed by atoms with E-state index in [9.17, 15) is 4.79 Å². The number of hydrogen-bond donors (Lipinski definition) is 2. The van der Waals surface area contributed by atoms with Gasteiger partial charge in [0, 0.05) is 13.6 Å². The molecular weight excluding hydrogens is 344 g/mol. The maximum atomic E-state index is 12.0. The van der Waals surface area contributed by atoms with E-state index >= 15 is 0 Å². The summed E-state index contributed by atoms with van der Waals surface area (Å²) < 4.78 is 10.3. The molecule has 2 aromatic carbocycles. The van der Waals surface area contributed by atoms with E-state index in [1.54, 1.807) is 26.2 Å². The Balaban J connectivity index is 1.66. The third kappa shape index (κ3) is 4.57. The number of urea groups is 1. The minimum atomic E-state index is -0.294. The average Bonchev–Trinajstić information content (AvgIpc) is 2.98. The Kier molecular flexibility index (Phi) is 5.93. The molecule has 1 aliphatic rings. The van der Waals surface area contributed by atoms with Crippen molar-refractivity contribution in [3.05, 3.63) is 59.7 Å². The van der Waals surface area contributed by atoms with E-state index < -0.39 is 0 Å². The van der Waals surface area contributed by atoms with Gasteiger partial charge in [-0.1, -0.05) is 24.3 Å². The van der Waals surface area contributed by atoms with Crippen LogP contribution < -0.4 is 20.1 Å². The lowest BCUT2D eigenvalue weighted by Gasteiger charge is -2.19. The van der Waals surface area contributed by atoms with Gasteiger partial charge in [-0.25, -0.2) is 4.79 Å². The maximum Gasteiger partial charge on any atom is 0.324 e. The van der Waals surface area contributed by atoms with Gasteiger partial charge in [-0.15, -0.1) is 0 Å². The highest BCUT2D eigenvalue weighted by molar-refractivity contribution is 6.06. The second-order valence-electron chi connectivity index (χ2n) is 6.22. The second kappa shape index (κ2) is 8.55. The van der Waals surface area contributed by atoms with Gasteiger partial charge >= 0.3 is 6.03 Å². The van der Waals surface area contributed by atoms with E-state index in [2.05, 4.69) is 15.6 Å². The Hall–Kier alpha value is -3.06. The summed E-state index contributed by atoms with van der Waals surface area (Å²) in [5.74, 6) is 2.24. The summed E-state index contributed by atoms with van der Waals surface area (Å²) in [6, 6.07) is 15.4. The Morgan fingerprint density at radius 1 is 1.00 bits per heavy atom. The molecule has 0 aliphatic carbocycles. The van der Waals surface area contributed by atoms with E-state index in [0.29, 0.717) is 18.9 Å². The fourth-order valence-electron chi connectivity index (χ4n) is 2.79. The van der Waals surface area contributed by atoms with E-state index in [4.69, 9.17) is 9.47 Å². The second-order valence-corrected chi connectivity index (χ2v) is 6.22. The molecule has 1 atom stereocenters. The smallest absolute Gasteiger partial charge is 0.324 e. The standard InChI is InChI=1S/C20H24N4O3/c1-24-19(22-13-15-6-10-17(27-3)11-7-15)18(23-20(24)25)21-12-14-4-8-16(26-2)9-5-14/h4-11,19,22H,12-13H2,1-3H3,(H,21,23,25). The number of rotatable bonds is 7. The van der Waals surface area contributed by atoms with Gasteiger partial charge in [0.15, 0.2) is 0 Å². The fraction of sp³-hybridized carbons (Fsp3) is 0.300. The molecule has 3 rings (SSSR count). The number of aliphatic imine (C=N–C) groups is 1. The van der Waals surface area contributed by atoms with E-state index in [1.165, 1.54) is 0 Å². The zero-order valence-electron chi connectivity index (χ0n) is 15.7. The molecule has 2 N–H and O–H groups in total. The van der Waals surface area contributed by atoms with Gasteiger partial charge in [-0.05, 0) is 35.4 Å². The van der Waals surface area contributed by atoms with Crippen molar-refractivity contribution in [2.75, 3.05) is 21.3 Å². The Morgan fingerprint density at radius 2 is 1.56 bits per heavy atom. The van der Waals surface area contributed by atoms with Crippen molar-refractivity contribution < 1.29 is 14.3 Å². The number of ether oxygens (including phenoxy) is 2. The molecule has 0 aromatic heterocycles. The van der Waals surface area contributed by atoms with E-state index in [0.717, 1.165) is 22.6 Å². The Labute approximate surface area is 159 Å². The monoisotopic (exact) mass is 368 g/mol. The highest BCUT2D eigenvalue weighted by Gasteiger charge is 2.33. The van der Waals surface area contributed by atoms with Crippen molar-refractivity contribution >= 4 is 11.9 Å². The summed E-state index contributed by atoms with van der Waals surface area (Å²) in [5.41, 5.74) is 2.14. The first kappa shape index (κ1) is 18.7. The van der Waals surface area contributed by atoms with Crippen LogP contribution in [0, 0.1) is 0 Å². The van der Waals surface area contributed by atoms with Crippen LogP contribution in [0.2, 0.25) is 0 Å². The van der Waals surface area contributed by atoms with Gasteiger partial charge in [0.05, 0.1) is 20.8 Å². The van der Waals surface area contributed by atoms with Crippen LogP contribution in [-0.4, -0.2) is 44.2 Å². The molecule has 2 aromatic rings. The lowest BCUT2D eigenvalue weighted by molar-refractivity contribution is 0.211. The fourth-order valence-corrected chi connectivity index (χ4v) is 2.79. The molecule has 1 saturated heterocycles. The van der Waals surface area contributed by atoms with Crippen LogP contribution in [-0.2, 0) is 13.1 Å². The third-order valence-electron chi connectivity index (χ3n) is 4.45. The molecular formula is C20H24N4O3. The number of benzene rings is 2. The lowest BCUT2D eigenvalue weighted by atomic mass is 10.2. The number of carbonyl (C=O) groups is 1. The predicted octanol–water partition coefficient (Wildman–Crippen LogP) is 2.37. The molecule has 7 heteroatoms. The van der Waals surface area contributed by atoms with Crippen LogP contribution in [0.1, 0.15) is 11.1 Å². The normalized spacial score (nSPS) is 17.9. The molecule has 1 heterocycles. The molecule has 7 nitrogen and oxygen atoms in total. The number of nitrogens with zero attached hydrogens (tertiary/aromatic N) is 2. The number of nitrogens with one attached hydrogen (secondary N) is 2. The van der Waals surface area contributed by atoms with Gasteiger partial charge < -0.3 is 14.4 Å². The van der Waals surface area contributed by atoms with Crippen LogP contribution in [0.3, 0.4) is 0 Å². The Morgan fingerprint density at radius 3 is 2.11 bits per heavy atom. The zero-order valence-corrected chi connectivity index (χ0v) is 15.7. The molecule has 2 amide bonds. The van der Waals surface area contributed by atoms with Crippen LogP contribution in [0.4, 0.5) is 4.79 Å². The van der Waals surface area contributed by atoms with E-state index in [-0.39, 0.29) is 12.2 Å². The first-order valence-electron chi connectivity index (χ1n) is 8.68. The van der Waals surface area contributed by atoms with Gasteiger partial charge in [-0.3, -0.25) is 15.6 Å². The van der Waals surface area contributed by atoms with Crippen molar-refractivity contribution in [3.63, 3.8) is 0 Å². The largest absolute Gasteiger partial charge is 0.497 e. The van der Waals surface area contributed by atoms with Crippen molar-refractivity contribution in [1.82, 2.24) is 15.5 Å². The minimum Gasteiger partial charge on any atom is -0.497 e. The van der Waals surface area contributed by atoms with Crippen molar-refractivity contribution in [1.29, 1.82) is 0 Å². The zero-order chi connectivity index (χ0) is 19.2. The quantitative estimate of drug-likeness (QED) is 0.787.